The molecule has 1 N–H and O–H groups in total. The number of benzene rings is 2. The van der Waals surface area contributed by atoms with Crippen LogP contribution in [-0.4, -0.2) is 19.3 Å². The van der Waals surface area contributed by atoms with Crippen LogP contribution in [0.1, 0.15) is 17.2 Å². The van der Waals surface area contributed by atoms with Gasteiger partial charge in [0, 0.05) is 5.02 Å². The van der Waals surface area contributed by atoms with Gasteiger partial charge in [-0.1, -0.05) is 35.9 Å². The van der Waals surface area contributed by atoms with Gasteiger partial charge in [-0.05, 0) is 35.4 Å². The molecule has 1 atom stereocenters. The van der Waals surface area contributed by atoms with Gasteiger partial charge in [-0.2, -0.15) is 0 Å². The van der Waals surface area contributed by atoms with Crippen LogP contribution in [0.25, 0.3) is 0 Å². The Balaban J connectivity index is 2.06. The van der Waals surface area contributed by atoms with Crippen molar-refractivity contribution in [2.75, 3.05) is 5.75 Å². The molecule has 0 aliphatic heterocycles. The van der Waals surface area contributed by atoms with Crippen LogP contribution in [-0.2, 0) is 15.6 Å². The number of halogens is 2. The van der Waals surface area contributed by atoms with Crippen LogP contribution in [0.3, 0.4) is 0 Å². The van der Waals surface area contributed by atoms with Gasteiger partial charge >= 0.3 is 0 Å². The van der Waals surface area contributed by atoms with Crippen LogP contribution in [0.5, 0.6) is 0 Å². The SMILES string of the molecule is O=S(=O)(Cc1ccc(Cl)cc1)CC(O)c1ccc(F)cc1. The first kappa shape index (κ1) is 15.9. The zero-order valence-electron chi connectivity index (χ0n) is 11.0. The Bertz CT molecular complexity index is 697. The van der Waals surface area contributed by atoms with Crippen LogP contribution in [0.4, 0.5) is 4.39 Å². The molecule has 0 saturated carbocycles. The Morgan fingerprint density at radius 1 is 1.05 bits per heavy atom. The van der Waals surface area contributed by atoms with Crippen molar-refractivity contribution >= 4 is 21.4 Å². The Hall–Kier alpha value is -1.43. The smallest absolute Gasteiger partial charge is 0.157 e. The number of hydrogen-bond acceptors (Lipinski definition) is 3. The number of rotatable bonds is 5. The van der Waals surface area contributed by atoms with Crippen molar-refractivity contribution in [1.82, 2.24) is 0 Å². The zero-order chi connectivity index (χ0) is 15.5. The normalized spacial score (nSPS) is 13.1. The molecule has 0 bridgehead atoms. The van der Waals surface area contributed by atoms with Crippen LogP contribution < -0.4 is 0 Å². The van der Waals surface area contributed by atoms with Gasteiger partial charge in [0.2, 0.25) is 0 Å². The highest BCUT2D eigenvalue weighted by Crippen LogP contribution is 2.18. The van der Waals surface area contributed by atoms with Crippen molar-refractivity contribution in [2.45, 2.75) is 11.9 Å². The molecule has 0 radical (unpaired) electrons. The van der Waals surface area contributed by atoms with Crippen molar-refractivity contribution in [2.24, 2.45) is 0 Å². The summed E-state index contributed by atoms with van der Waals surface area (Å²) in [6.45, 7) is 0. The molecule has 0 spiro atoms. The highest BCUT2D eigenvalue weighted by Gasteiger charge is 2.19. The molecule has 2 aromatic rings. The maximum atomic E-state index is 12.8. The molecule has 0 fully saturated rings. The van der Waals surface area contributed by atoms with E-state index in [4.69, 9.17) is 11.6 Å². The molecule has 0 aromatic heterocycles. The van der Waals surface area contributed by atoms with Gasteiger partial charge < -0.3 is 5.11 Å². The van der Waals surface area contributed by atoms with Gasteiger partial charge in [-0.15, -0.1) is 0 Å². The van der Waals surface area contributed by atoms with Gasteiger partial charge in [0.05, 0.1) is 17.6 Å². The summed E-state index contributed by atoms with van der Waals surface area (Å²) < 4.78 is 36.9. The molecule has 21 heavy (non-hydrogen) atoms. The first-order valence-corrected chi connectivity index (χ1v) is 8.44. The summed E-state index contributed by atoms with van der Waals surface area (Å²) in [7, 11) is -3.49. The van der Waals surface area contributed by atoms with Crippen molar-refractivity contribution in [3.63, 3.8) is 0 Å². The molecule has 3 nitrogen and oxygen atoms in total. The second kappa shape index (κ2) is 6.56. The van der Waals surface area contributed by atoms with Gasteiger partial charge in [-0.25, -0.2) is 12.8 Å². The van der Waals surface area contributed by atoms with Crippen molar-refractivity contribution < 1.29 is 17.9 Å². The molecular weight excluding hydrogens is 315 g/mol. The molecule has 0 saturated heterocycles. The second-order valence-corrected chi connectivity index (χ2v) is 7.29. The van der Waals surface area contributed by atoms with E-state index >= 15 is 0 Å². The summed E-state index contributed by atoms with van der Waals surface area (Å²) >= 11 is 5.74. The molecule has 0 aliphatic carbocycles. The van der Waals surface area contributed by atoms with E-state index < -0.39 is 27.5 Å². The molecule has 0 amide bonds. The van der Waals surface area contributed by atoms with Crippen LogP contribution >= 0.6 is 11.6 Å². The fourth-order valence-corrected chi connectivity index (χ4v) is 3.53. The molecule has 2 rings (SSSR count). The lowest BCUT2D eigenvalue weighted by Gasteiger charge is -2.12. The van der Waals surface area contributed by atoms with Crippen molar-refractivity contribution in [3.05, 3.63) is 70.5 Å². The van der Waals surface area contributed by atoms with Gasteiger partial charge in [0.25, 0.3) is 0 Å². The Labute approximate surface area is 127 Å². The zero-order valence-corrected chi connectivity index (χ0v) is 12.6. The first-order chi connectivity index (χ1) is 9.85. The van der Waals surface area contributed by atoms with Crippen LogP contribution in [0, 0.1) is 5.82 Å². The monoisotopic (exact) mass is 328 g/mol. The number of aliphatic hydroxyl groups is 1. The summed E-state index contributed by atoms with van der Waals surface area (Å²) in [5.41, 5.74) is 0.974. The minimum atomic E-state index is -3.49. The molecule has 0 heterocycles. The molecular formula is C15H14ClFO3S. The topological polar surface area (TPSA) is 54.4 Å². The average molecular weight is 329 g/mol. The highest BCUT2D eigenvalue weighted by atomic mass is 35.5. The van der Waals surface area contributed by atoms with E-state index in [-0.39, 0.29) is 5.75 Å². The average Bonchev–Trinajstić information content (AvgIpc) is 2.41. The lowest BCUT2D eigenvalue weighted by Crippen LogP contribution is -2.16. The van der Waals surface area contributed by atoms with E-state index in [1.165, 1.54) is 24.3 Å². The van der Waals surface area contributed by atoms with E-state index in [0.717, 1.165) is 0 Å². The maximum absolute atomic E-state index is 12.8. The van der Waals surface area contributed by atoms with E-state index in [1.54, 1.807) is 24.3 Å². The minimum absolute atomic E-state index is 0.178. The third kappa shape index (κ3) is 4.81. The number of sulfone groups is 1. The third-order valence-electron chi connectivity index (χ3n) is 2.97. The molecule has 0 aliphatic rings. The van der Waals surface area contributed by atoms with Gasteiger partial charge in [-0.3, -0.25) is 0 Å². The number of hydrogen-bond donors (Lipinski definition) is 1. The van der Waals surface area contributed by atoms with E-state index in [1.807, 2.05) is 0 Å². The minimum Gasteiger partial charge on any atom is -0.387 e. The Morgan fingerprint density at radius 3 is 2.19 bits per heavy atom. The maximum Gasteiger partial charge on any atom is 0.157 e. The molecule has 2 aromatic carbocycles. The van der Waals surface area contributed by atoms with E-state index in [0.29, 0.717) is 16.1 Å². The largest absolute Gasteiger partial charge is 0.387 e. The Kier molecular flexibility index (Phi) is 4.98. The molecule has 6 heteroatoms. The second-order valence-electron chi connectivity index (χ2n) is 4.75. The van der Waals surface area contributed by atoms with Gasteiger partial charge in [0.15, 0.2) is 9.84 Å². The third-order valence-corrected chi connectivity index (χ3v) is 4.82. The van der Waals surface area contributed by atoms with Crippen LogP contribution in [0.15, 0.2) is 48.5 Å². The van der Waals surface area contributed by atoms with E-state index in [9.17, 15) is 17.9 Å². The summed E-state index contributed by atoms with van der Waals surface area (Å²) in [4.78, 5) is 0. The fraction of sp³-hybridized carbons (Fsp3) is 0.200. The van der Waals surface area contributed by atoms with Gasteiger partial charge in [0.1, 0.15) is 5.82 Å². The summed E-state index contributed by atoms with van der Waals surface area (Å²) in [5, 5.41) is 10.5. The predicted octanol–water partition coefficient (Wildman–Crippen LogP) is 3.13. The van der Waals surface area contributed by atoms with E-state index in [2.05, 4.69) is 0 Å². The fourth-order valence-electron chi connectivity index (χ4n) is 1.92. The standard InChI is InChI=1S/C15H14ClFO3S/c16-13-5-1-11(2-6-13)9-21(19,20)10-15(18)12-3-7-14(17)8-4-12/h1-8,15,18H,9-10H2. The lowest BCUT2D eigenvalue weighted by molar-refractivity contribution is 0.201. The van der Waals surface area contributed by atoms with Crippen molar-refractivity contribution in [3.8, 4) is 0 Å². The van der Waals surface area contributed by atoms with Crippen LogP contribution in [0.2, 0.25) is 5.02 Å². The number of aliphatic hydroxyl groups excluding tert-OH is 1. The highest BCUT2D eigenvalue weighted by molar-refractivity contribution is 7.90. The molecule has 1 unspecified atom stereocenters. The summed E-state index contributed by atoms with van der Waals surface area (Å²) in [6.07, 6.45) is -1.18. The summed E-state index contributed by atoms with van der Waals surface area (Å²) in [5.74, 6) is -1.03. The van der Waals surface area contributed by atoms with Crippen molar-refractivity contribution in [1.29, 1.82) is 0 Å². The molecule has 112 valence electrons. The predicted molar refractivity (Wildman–Crippen MR) is 80.3 cm³/mol. The lowest BCUT2D eigenvalue weighted by atomic mass is 10.1. The first-order valence-electron chi connectivity index (χ1n) is 6.24. The summed E-state index contributed by atoms with van der Waals surface area (Å²) in [6, 6.07) is 11.6. The quantitative estimate of drug-likeness (QED) is 0.917. The Morgan fingerprint density at radius 2 is 1.62 bits per heavy atom.